The van der Waals surface area contributed by atoms with Crippen molar-refractivity contribution in [3.05, 3.63) is 23.8 Å². The minimum atomic E-state index is -0.0100. The van der Waals surface area contributed by atoms with E-state index in [9.17, 15) is 9.59 Å². The fraction of sp³-hybridized carbons (Fsp3) is 0.600. The highest BCUT2D eigenvalue weighted by Crippen LogP contribution is 2.27. The van der Waals surface area contributed by atoms with Gasteiger partial charge in [-0.25, -0.2) is 0 Å². The van der Waals surface area contributed by atoms with Crippen LogP contribution in [-0.2, 0) is 16.0 Å². The van der Waals surface area contributed by atoms with E-state index in [0.29, 0.717) is 43.3 Å². The predicted molar refractivity (Wildman–Crippen MR) is 100 cm³/mol. The van der Waals surface area contributed by atoms with Crippen LogP contribution in [0, 0.1) is 5.92 Å². The lowest BCUT2D eigenvalue weighted by Gasteiger charge is -2.33. The van der Waals surface area contributed by atoms with Crippen molar-refractivity contribution in [3.8, 4) is 11.5 Å². The van der Waals surface area contributed by atoms with E-state index >= 15 is 0 Å². The number of nitrogens with zero attached hydrogens (tertiary/aromatic N) is 1. The van der Waals surface area contributed by atoms with Crippen LogP contribution in [0.25, 0.3) is 0 Å². The molecular formula is C20H30N2O4. The zero-order valence-corrected chi connectivity index (χ0v) is 16.2. The van der Waals surface area contributed by atoms with Gasteiger partial charge in [-0.05, 0) is 36.5 Å². The van der Waals surface area contributed by atoms with Crippen LogP contribution in [0.15, 0.2) is 18.2 Å². The van der Waals surface area contributed by atoms with Crippen molar-refractivity contribution in [1.29, 1.82) is 0 Å². The molecule has 0 unspecified atom stereocenters. The lowest BCUT2D eigenvalue weighted by Crippen LogP contribution is -2.47. The van der Waals surface area contributed by atoms with E-state index in [1.807, 2.05) is 17.0 Å². The molecule has 144 valence electrons. The number of piperidine rings is 1. The molecule has 1 fully saturated rings. The molecule has 0 saturated carbocycles. The number of nitrogens with one attached hydrogen (secondary N) is 1. The summed E-state index contributed by atoms with van der Waals surface area (Å²) in [5.74, 6) is 1.85. The summed E-state index contributed by atoms with van der Waals surface area (Å²) in [6, 6.07) is 5.63. The molecule has 1 aliphatic rings. The number of carbonyl (C=O) groups excluding carboxylic acids is 2. The minimum Gasteiger partial charge on any atom is -0.493 e. The van der Waals surface area contributed by atoms with Gasteiger partial charge in [0.2, 0.25) is 11.8 Å². The molecule has 0 bridgehead atoms. The molecule has 2 rings (SSSR count). The van der Waals surface area contributed by atoms with Crippen LogP contribution in [0.4, 0.5) is 0 Å². The van der Waals surface area contributed by atoms with E-state index in [1.165, 1.54) is 0 Å². The van der Waals surface area contributed by atoms with E-state index < -0.39 is 0 Å². The summed E-state index contributed by atoms with van der Waals surface area (Å²) in [6.45, 7) is 5.54. The zero-order chi connectivity index (χ0) is 19.1. The Morgan fingerprint density at radius 1 is 1.15 bits per heavy atom. The second-order valence-corrected chi connectivity index (χ2v) is 7.19. The number of benzene rings is 1. The Labute approximate surface area is 155 Å². The summed E-state index contributed by atoms with van der Waals surface area (Å²) >= 11 is 0. The lowest BCUT2D eigenvalue weighted by molar-refractivity contribution is -0.133. The molecule has 0 atom stereocenters. The Bertz CT molecular complexity index is 622. The third-order valence-corrected chi connectivity index (χ3v) is 4.61. The number of rotatable bonds is 7. The van der Waals surface area contributed by atoms with Crippen molar-refractivity contribution in [2.45, 2.75) is 45.6 Å². The number of amides is 2. The van der Waals surface area contributed by atoms with Crippen molar-refractivity contribution in [3.63, 3.8) is 0 Å². The third-order valence-electron chi connectivity index (χ3n) is 4.61. The molecule has 1 aliphatic heterocycles. The SMILES string of the molecule is COc1ccc(CC(=O)NC2CCN(C(=O)CC(C)C)CC2)cc1OC. The van der Waals surface area contributed by atoms with Gasteiger partial charge in [-0.2, -0.15) is 0 Å². The Balaban J connectivity index is 1.81. The second kappa shape index (κ2) is 9.46. The van der Waals surface area contributed by atoms with Gasteiger partial charge in [0.25, 0.3) is 0 Å². The normalized spacial score (nSPS) is 15.0. The van der Waals surface area contributed by atoms with Gasteiger partial charge in [0.05, 0.1) is 20.6 Å². The number of hydrogen-bond donors (Lipinski definition) is 1. The molecule has 1 aromatic rings. The van der Waals surface area contributed by atoms with Crippen LogP contribution in [-0.4, -0.2) is 50.1 Å². The predicted octanol–water partition coefficient (Wildman–Crippen LogP) is 2.40. The number of ether oxygens (including phenoxy) is 2. The second-order valence-electron chi connectivity index (χ2n) is 7.19. The van der Waals surface area contributed by atoms with Crippen LogP contribution in [0.3, 0.4) is 0 Å². The van der Waals surface area contributed by atoms with Crippen molar-refractivity contribution < 1.29 is 19.1 Å². The van der Waals surface area contributed by atoms with Crippen molar-refractivity contribution in [1.82, 2.24) is 10.2 Å². The van der Waals surface area contributed by atoms with Gasteiger partial charge in [-0.15, -0.1) is 0 Å². The lowest BCUT2D eigenvalue weighted by atomic mass is 10.0. The van der Waals surface area contributed by atoms with Gasteiger partial charge in [-0.3, -0.25) is 9.59 Å². The van der Waals surface area contributed by atoms with Crippen LogP contribution in [0.2, 0.25) is 0 Å². The maximum absolute atomic E-state index is 12.3. The quantitative estimate of drug-likeness (QED) is 0.809. The fourth-order valence-corrected chi connectivity index (χ4v) is 3.21. The summed E-state index contributed by atoms with van der Waals surface area (Å²) in [5.41, 5.74) is 0.879. The Hall–Kier alpha value is -2.24. The Morgan fingerprint density at radius 3 is 2.38 bits per heavy atom. The molecule has 6 nitrogen and oxygen atoms in total. The minimum absolute atomic E-state index is 0.0100. The van der Waals surface area contributed by atoms with Crippen LogP contribution in [0.1, 0.15) is 38.7 Å². The molecule has 6 heteroatoms. The highest BCUT2D eigenvalue weighted by atomic mass is 16.5. The molecular weight excluding hydrogens is 332 g/mol. The average Bonchev–Trinajstić information content (AvgIpc) is 2.61. The number of carbonyl (C=O) groups is 2. The zero-order valence-electron chi connectivity index (χ0n) is 16.2. The molecule has 0 aromatic heterocycles. The topological polar surface area (TPSA) is 67.9 Å². The number of methoxy groups -OCH3 is 2. The third kappa shape index (κ3) is 5.64. The highest BCUT2D eigenvalue weighted by Gasteiger charge is 2.24. The van der Waals surface area contributed by atoms with Crippen LogP contribution < -0.4 is 14.8 Å². The maximum atomic E-state index is 12.3. The van der Waals surface area contributed by atoms with E-state index in [4.69, 9.17) is 9.47 Å². The van der Waals surface area contributed by atoms with E-state index in [0.717, 1.165) is 18.4 Å². The van der Waals surface area contributed by atoms with Gasteiger partial charge < -0.3 is 19.7 Å². The summed E-state index contributed by atoms with van der Waals surface area (Å²) < 4.78 is 10.5. The van der Waals surface area contributed by atoms with Gasteiger partial charge in [0.1, 0.15) is 0 Å². The standard InChI is InChI=1S/C20H30N2O4/c1-14(2)11-20(24)22-9-7-16(8-10-22)21-19(23)13-15-5-6-17(25-3)18(12-15)26-4/h5-6,12,14,16H,7-11,13H2,1-4H3,(H,21,23). The molecule has 0 spiro atoms. The molecule has 0 radical (unpaired) electrons. The van der Waals surface area contributed by atoms with Gasteiger partial charge in [0.15, 0.2) is 11.5 Å². The largest absolute Gasteiger partial charge is 0.493 e. The summed E-state index contributed by atoms with van der Waals surface area (Å²) in [5, 5.41) is 3.08. The molecule has 0 aliphatic carbocycles. The molecule has 2 amide bonds. The Kier molecular flexibility index (Phi) is 7.30. The van der Waals surface area contributed by atoms with Gasteiger partial charge in [-0.1, -0.05) is 19.9 Å². The van der Waals surface area contributed by atoms with E-state index in [2.05, 4.69) is 19.2 Å². The fourth-order valence-electron chi connectivity index (χ4n) is 3.21. The van der Waals surface area contributed by atoms with Crippen molar-refractivity contribution >= 4 is 11.8 Å². The first-order chi connectivity index (χ1) is 12.4. The van der Waals surface area contributed by atoms with Crippen molar-refractivity contribution in [2.75, 3.05) is 27.3 Å². The molecule has 26 heavy (non-hydrogen) atoms. The van der Waals surface area contributed by atoms with Crippen LogP contribution >= 0.6 is 0 Å². The maximum Gasteiger partial charge on any atom is 0.224 e. The van der Waals surface area contributed by atoms with E-state index in [-0.39, 0.29) is 17.9 Å². The highest BCUT2D eigenvalue weighted by molar-refractivity contribution is 5.79. The van der Waals surface area contributed by atoms with Crippen LogP contribution in [0.5, 0.6) is 11.5 Å². The first-order valence-corrected chi connectivity index (χ1v) is 9.21. The van der Waals surface area contributed by atoms with Gasteiger partial charge in [0, 0.05) is 25.6 Å². The molecule has 1 N–H and O–H groups in total. The molecule has 1 saturated heterocycles. The van der Waals surface area contributed by atoms with Crippen molar-refractivity contribution in [2.24, 2.45) is 5.92 Å². The number of hydrogen-bond acceptors (Lipinski definition) is 4. The summed E-state index contributed by atoms with van der Waals surface area (Å²) in [6.07, 6.45) is 2.51. The van der Waals surface area contributed by atoms with Gasteiger partial charge >= 0.3 is 0 Å². The monoisotopic (exact) mass is 362 g/mol. The molecule has 1 heterocycles. The smallest absolute Gasteiger partial charge is 0.224 e. The summed E-state index contributed by atoms with van der Waals surface area (Å²) in [7, 11) is 3.17. The summed E-state index contributed by atoms with van der Waals surface area (Å²) in [4.78, 5) is 26.4. The number of likely N-dealkylation sites (tertiary alicyclic amines) is 1. The first-order valence-electron chi connectivity index (χ1n) is 9.21. The molecule has 1 aromatic carbocycles. The average molecular weight is 362 g/mol. The van der Waals surface area contributed by atoms with E-state index in [1.54, 1.807) is 20.3 Å². The first kappa shape index (κ1) is 20.1. The Morgan fingerprint density at radius 2 is 1.81 bits per heavy atom.